The van der Waals surface area contributed by atoms with Crippen LogP contribution in [0.15, 0.2) is 60.7 Å². The Kier molecular flexibility index (Phi) is 8.81. The minimum absolute atomic E-state index is 0.0848. The number of piperidine rings is 2. The standard InChI is InChI=1S/C34H42N12O3/c35-21-9-22(36)16-45(15-21)33-41-32(42-34(43-33)46-17-23(37)10-24(38)18-46)39-25-5-8-28(30(48)11-25)40-31(49)27-7-6-26(12-29(27)47)44-13-19-3-1-2-4-20(19)14-44/h1-8,11-12,21-24,47-48H,9-10,13-18,35-38H2,(H,40,49)(H,39,41,42,43)/t21-,22+,23-,24+. The zero-order valence-electron chi connectivity index (χ0n) is 27.0. The number of hydrogen-bond acceptors (Lipinski definition) is 14. The first-order valence-electron chi connectivity index (χ1n) is 16.4. The molecular weight excluding hydrogens is 624 g/mol. The molecule has 0 spiro atoms. The SMILES string of the molecule is N[C@@H]1C[C@H](N)CN(c2nc(Nc3ccc(NC(=O)c4ccc(N5Cc6ccccc6C5)cc4O)c(O)c3)nc(N3C[C@H](N)C[C@H](N)C3)n2)C1. The number of carbonyl (C=O) groups is 1. The van der Waals surface area contributed by atoms with Crippen molar-refractivity contribution >= 4 is 40.8 Å². The van der Waals surface area contributed by atoms with Crippen molar-refractivity contribution in [3.63, 3.8) is 0 Å². The molecule has 4 aromatic rings. The summed E-state index contributed by atoms with van der Waals surface area (Å²) in [6.45, 7) is 3.60. The zero-order valence-corrected chi connectivity index (χ0v) is 27.0. The summed E-state index contributed by atoms with van der Waals surface area (Å²) in [5, 5.41) is 27.5. The summed E-state index contributed by atoms with van der Waals surface area (Å²) in [5.41, 5.74) is 29.1. The number of aromatic nitrogens is 3. The lowest BCUT2D eigenvalue weighted by molar-refractivity contribution is 0.102. The van der Waals surface area contributed by atoms with E-state index in [1.54, 1.807) is 30.3 Å². The van der Waals surface area contributed by atoms with E-state index in [2.05, 4.69) is 37.6 Å². The molecule has 2 saturated heterocycles. The van der Waals surface area contributed by atoms with Crippen LogP contribution in [-0.2, 0) is 13.1 Å². The van der Waals surface area contributed by atoms with Crippen LogP contribution in [-0.4, -0.2) is 81.4 Å². The van der Waals surface area contributed by atoms with Crippen LogP contribution in [0.25, 0.3) is 0 Å². The molecule has 3 aliphatic rings. The summed E-state index contributed by atoms with van der Waals surface area (Å²) in [7, 11) is 0. The number of amides is 1. The number of hydrogen-bond donors (Lipinski definition) is 8. The largest absolute Gasteiger partial charge is 0.507 e. The number of carbonyl (C=O) groups excluding carboxylic acids is 1. The minimum atomic E-state index is -0.563. The van der Waals surface area contributed by atoms with E-state index < -0.39 is 5.91 Å². The van der Waals surface area contributed by atoms with Gasteiger partial charge >= 0.3 is 0 Å². The average Bonchev–Trinajstić information content (AvgIpc) is 3.49. The molecule has 12 N–H and O–H groups in total. The lowest BCUT2D eigenvalue weighted by atomic mass is 10.0. The number of aromatic hydroxyl groups is 2. The Morgan fingerprint density at radius 1 is 0.694 bits per heavy atom. The van der Waals surface area contributed by atoms with Gasteiger partial charge in [-0.25, -0.2) is 0 Å². The van der Waals surface area contributed by atoms with Crippen LogP contribution in [0.5, 0.6) is 11.5 Å². The first-order chi connectivity index (χ1) is 23.6. The van der Waals surface area contributed by atoms with Gasteiger partial charge in [-0.3, -0.25) is 4.79 Å². The van der Waals surface area contributed by atoms with Crippen molar-refractivity contribution in [2.45, 2.75) is 50.1 Å². The summed E-state index contributed by atoms with van der Waals surface area (Å²) < 4.78 is 0. The van der Waals surface area contributed by atoms with Crippen molar-refractivity contribution in [2.24, 2.45) is 22.9 Å². The number of fused-ring (bicyclic) bond motifs is 1. The molecule has 3 aliphatic heterocycles. The summed E-state index contributed by atoms with van der Waals surface area (Å²) in [6.07, 6.45) is 1.41. The first-order valence-corrected chi connectivity index (χ1v) is 16.4. The molecule has 256 valence electrons. The predicted molar refractivity (Wildman–Crippen MR) is 189 cm³/mol. The lowest BCUT2D eigenvalue weighted by Gasteiger charge is -2.37. The lowest BCUT2D eigenvalue weighted by Crippen LogP contribution is -2.54. The van der Waals surface area contributed by atoms with E-state index in [0.717, 1.165) is 18.8 Å². The molecule has 4 atom stereocenters. The quantitative estimate of drug-likeness (QED) is 0.131. The Balaban J connectivity index is 1.07. The van der Waals surface area contributed by atoms with E-state index in [0.29, 0.717) is 56.6 Å². The molecule has 15 heteroatoms. The second kappa shape index (κ2) is 13.4. The second-order valence-electron chi connectivity index (χ2n) is 13.2. The number of nitrogens with two attached hydrogens (primary N) is 4. The van der Waals surface area contributed by atoms with E-state index >= 15 is 0 Å². The van der Waals surface area contributed by atoms with Gasteiger partial charge in [0.2, 0.25) is 17.8 Å². The molecule has 0 aliphatic carbocycles. The topological polar surface area (TPSA) is 234 Å². The maximum absolute atomic E-state index is 13.2. The number of phenolic OH excluding ortho intramolecular Hbond substituents is 2. The molecule has 15 nitrogen and oxygen atoms in total. The summed E-state index contributed by atoms with van der Waals surface area (Å²) in [5.74, 6) is 0.157. The van der Waals surface area contributed by atoms with Crippen LogP contribution in [0.3, 0.4) is 0 Å². The molecule has 2 fully saturated rings. The van der Waals surface area contributed by atoms with Crippen LogP contribution in [0, 0.1) is 0 Å². The number of nitrogens with one attached hydrogen (secondary N) is 2. The molecule has 0 unspecified atom stereocenters. The van der Waals surface area contributed by atoms with Gasteiger partial charge in [-0.2, -0.15) is 15.0 Å². The van der Waals surface area contributed by atoms with Gasteiger partial charge < -0.3 is 58.5 Å². The molecule has 7 rings (SSSR count). The molecule has 4 heterocycles. The molecule has 49 heavy (non-hydrogen) atoms. The molecule has 1 amide bonds. The maximum Gasteiger partial charge on any atom is 0.259 e. The van der Waals surface area contributed by atoms with Gasteiger partial charge in [0, 0.05) is 86.9 Å². The van der Waals surface area contributed by atoms with E-state index in [-0.39, 0.29) is 52.9 Å². The number of rotatable bonds is 7. The van der Waals surface area contributed by atoms with Gasteiger partial charge in [-0.05, 0) is 48.2 Å². The molecule has 1 aromatic heterocycles. The third-order valence-electron chi connectivity index (χ3n) is 9.14. The fourth-order valence-corrected chi connectivity index (χ4v) is 6.83. The van der Waals surface area contributed by atoms with Gasteiger partial charge in [-0.15, -0.1) is 0 Å². The fourth-order valence-electron chi connectivity index (χ4n) is 6.83. The van der Waals surface area contributed by atoms with E-state index in [9.17, 15) is 15.0 Å². The van der Waals surface area contributed by atoms with Gasteiger partial charge in [0.15, 0.2) is 0 Å². The van der Waals surface area contributed by atoms with E-state index in [1.165, 1.54) is 17.2 Å². The highest BCUT2D eigenvalue weighted by Crippen LogP contribution is 2.34. The highest BCUT2D eigenvalue weighted by atomic mass is 16.3. The minimum Gasteiger partial charge on any atom is -0.507 e. The van der Waals surface area contributed by atoms with Crippen LogP contribution in [0.1, 0.15) is 34.3 Å². The maximum atomic E-state index is 13.2. The van der Waals surface area contributed by atoms with Crippen LogP contribution >= 0.6 is 0 Å². The molecule has 0 saturated carbocycles. The van der Waals surface area contributed by atoms with Crippen molar-refractivity contribution in [2.75, 3.05) is 51.5 Å². The highest BCUT2D eigenvalue weighted by molar-refractivity contribution is 6.07. The Bertz CT molecular complexity index is 1770. The van der Waals surface area contributed by atoms with Gasteiger partial charge in [-0.1, -0.05) is 24.3 Å². The summed E-state index contributed by atoms with van der Waals surface area (Å²) in [4.78, 5) is 33.3. The van der Waals surface area contributed by atoms with Gasteiger partial charge in [0.05, 0.1) is 11.3 Å². The van der Waals surface area contributed by atoms with Crippen molar-refractivity contribution in [1.29, 1.82) is 0 Å². The molecule has 3 aromatic carbocycles. The van der Waals surface area contributed by atoms with Crippen molar-refractivity contribution in [3.05, 3.63) is 77.4 Å². The van der Waals surface area contributed by atoms with Crippen molar-refractivity contribution in [3.8, 4) is 11.5 Å². The average molecular weight is 667 g/mol. The smallest absolute Gasteiger partial charge is 0.259 e. The highest BCUT2D eigenvalue weighted by Gasteiger charge is 2.29. The van der Waals surface area contributed by atoms with Crippen molar-refractivity contribution in [1.82, 2.24) is 15.0 Å². The Morgan fingerprint density at radius 3 is 1.80 bits per heavy atom. The fraction of sp³-hybridized carbons (Fsp3) is 0.353. The third-order valence-corrected chi connectivity index (χ3v) is 9.14. The van der Waals surface area contributed by atoms with Gasteiger partial charge in [0.25, 0.3) is 5.91 Å². The van der Waals surface area contributed by atoms with Crippen LogP contribution < -0.4 is 48.3 Å². The Hall–Kier alpha value is -5.22. The first kappa shape index (κ1) is 32.3. The van der Waals surface area contributed by atoms with E-state index in [1.807, 2.05) is 21.9 Å². The van der Waals surface area contributed by atoms with Gasteiger partial charge in [0.1, 0.15) is 11.5 Å². The molecule has 0 bridgehead atoms. The number of anilines is 6. The monoisotopic (exact) mass is 666 g/mol. The predicted octanol–water partition coefficient (Wildman–Crippen LogP) is 1.53. The Labute approximate surface area is 283 Å². The molecule has 0 radical (unpaired) electrons. The Morgan fingerprint density at radius 2 is 1.27 bits per heavy atom. The number of benzene rings is 3. The van der Waals surface area contributed by atoms with E-state index in [4.69, 9.17) is 27.9 Å². The molecular formula is C34H42N12O3. The summed E-state index contributed by atoms with van der Waals surface area (Å²) >= 11 is 0. The third kappa shape index (κ3) is 7.15. The van der Waals surface area contributed by atoms with Crippen LogP contribution in [0.4, 0.5) is 34.9 Å². The normalized spacial score (nSPS) is 22.2. The van der Waals surface area contributed by atoms with Crippen molar-refractivity contribution < 1.29 is 15.0 Å². The second-order valence-corrected chi connectivity index (χ2v) is 13.2. The summed E-state index contributed by atoms with van der Waals surface area (Å²) in [6, 6.07) is 17.3. The number of phenols is 2. The zero-order chi connectivity index (χ0) is 34.2. The van der Waals surface area contributed by atoms with Crippen LogP contribution in [0.2, 0.25) is 0 Å². The number of nitrogens with zero attached hydrogens (tertiary/aromatic N) is 6.